The summed E-state index contributed by atoms with van der Waals surface area (Å²) in [5, 5.41) is 9.09. The number of carbonyl (C=O) groups is 1. The fraction of sp³-hybridized carbons (Fsp3) is 0.533. The maximum Gasteiger partial charge on any atom is 0.335 e. The number of carboxylic acids is 1. The van der Waals surface area contributed by atoms with E-state index in [1.807, 2.05) is 6.92 Å². The third-order valence-electron chi connectivity index (χ3n) is 3.93. The minimum Gasteiger partial charge on any atom is -0.478 e. The van der Waals surface area contributed by atoms with Gasteiger partial charge in [-0.1, -0.05) is 0 Å². The molecule has 0 radical (unpaired) electrons. The number of carboxylic acid groups (broad SMARTS) is 1. The highest BCUT2D eigenvalue weighted by molar-refractivity contribution is 7.91. The Hall–Kier alpha value is -1.40. The minimum atomic E-state index is -3.56. The van der Waals surface area contributed by atoms with Crippen molar-refractivity contribution in [2.45, 2.75) is 50.7 Å². The lowest BCUT2D eigenvalue weighted by molar-refractivity contribution is 0.0688. The molecule has 0 aromatic heterocycles. The van der Waals surface area contributed by atoms with Crippen molar-refractivity contribution in [3.63, 3.8) is 0 Å². The van der Waals surface area contributed by atoms with Crippen LogP contribution < -0.4 is 0 Å². The lowest BCUT2D eigenvalue weighted by atomic mass is 10.1. The van der Waals surface area contributed by atoms with Crippen molar-refractivity contribution < 1.29 is 23.1 Å². The van der Waals surface area contributed by atoms with Gasteiger partial charge in [0.2, 0.25) is 0 Å². The third kappa shape index (κ3) is 3.44. The summed E-state index contributed by atoms with van der Waals surface area (Å²) in [6, 6.07) is 2.74. The first-order valence-corrected chi connectivity index (χ1v) is 8.58. The Balaban J connectivity index is 2.37. The standard InChI is InChI=1S/C15H20O5S/c1-9-6-12(15(16)17)7-14(11(9)3)21(18,19)8-13-5-4-10(2)20-13/h6-7,10,13H,4-5,8H2,1-3H3,(H,16,17). The number of benzene rings is 1. The first kappa shape index (κ1) is 16.0. The molecule has 0 bridgehead atoms. The predicted molar refractivity (Wildman–Crippen MR) is 78.5 cm³/mol. The van der Waals surface area contributed by atoms with Gasteiger partial charge in [-0.25, -0.2) is 13.2 Å². The van der Waals surface area contributed by atoms with Crippen molar-refractivity contribution in [2.75, 3.05) is 5.75 Å². The Morgan fingerprint density at radius 3 is 2.52 bits per heavy atom. The van der Waals surface area contributed by atoms with Gasteiger partial charge in [-0.15, -0.1) is 0 Å². The molecule has 5 nitrogen and oxygen atoms in total. The van der Waals surface area contributed by atoms with Crippen LogP contribution in [0.4, 0.5) is 0 Å². The normalized spacial score (nSPS) is 22.4. The molecule has 0 amide bonds. The van der Waals surface area contributed by atoms with Gasteiger partial charge < -0.3 is 9.84 Å². The summed E-state index contributed by atoms with van der Waals surface area (Å²) in [5.74, 6) is -1.22. The Kier molecular flexibility index (Phi) is 4.39. The van der Waals surface area contributed by atoms with Crippen LogP contribution in [0.25, 0.3) is 0 Å². The zero-order valence-electron chi connectivity index (χ0n) is 12.4. The molecule has 0 saturated carbocycles. The van der Waals surface area contributed by atoms with Gasteiger partial charge in [-0.3, -0.25) is 0 Å². The van der Waals surface area contributed by atoms with Crippen LogP contribution in [0.1, 0.15) is 41.3 Å². The summed E-state index contributed by atoms with van der Waals surface area (Å²) in [6.45, 7) is 5.34. The van der Waals surface area contributed by atoms with Crippen molar-refractivity contribution in [1.29, 1.82) is 0 Å². The van der Waals surface area contributed by atoms with E-state index in [4.69, 9.17) is 9.84 Å². The lowest BCUT2D eigenvalue weighted by Gasteiger charge is -2.15. The van der Waals surface area contributed by atoms with Crippen molar-refractivity contribution in [3.05, 3.63) is 28.8 Å². The molecule has 0 spiro atoms. The van der Waals surface area contributed by atoms with Crippen LogP contribution in [-0.4, -0.2) is 37.5 Å². The van der Waals surface area contributed by atoms with Gasteiger partial charge in [0.05, 0.1) is 28.4 Å². The fourth-order valence-corrected chi connectivity index (χ4v) is 4.46. The Labute approximate surface area is 124 Å². The quantitative estimate of drug-likeness (QED) is 0.923. The predicted octanol–water partition coefficient (Wildman–Crippen LogP) is 2.34. The Morgan fingerprint density at radius 2 is 2.00 bits per heavy atom. The second-order valence-corrected chi connectivity index (χ2v) is 7.65. The maximum absolute atomic E-state index is 12.6. The summed E-state index contributed by atoms with van der Waals surface area (Å²) in [4.78, 5) is 11.2. The minimum absolute atomic E-state index is 0.00242. The van der Waals surface area contributed by atoms with Crippen LogP contribution in [0, 0.1) is 13.8 Å². The zero-order chi connectivity index (χ0) is 15.8. The van der Waals surface area contributed by atoms with Gasteiger partial charge >= 0.3 is 5.97 Å². The molecular formula is C15H20O5S. The van der Waals surface area contributed by atoms with Gasteiger partial charge in [0.1, 0.15) is 0 Å². The van der Waals surface area contributed by atoms with E-state index >= 15 is 0 Å². The average Bonchev–Trinajstić information content (AvgIpc) is 2.76. The molecule has 21 heavy (non-hydrogen) atoms. The molecule has 1 saturated heterocycles. The number of sulfone groups is 1. The molecule has 116 valence electrons. The summed E-state index contributed by atoms with van der Waals surface area (Å²) in [7, 11) is -3.56. The van der Waals surface area contributed by atoms with E-state index in [1.54, 1.807) is 13.8 Å². The molecule has 2 rings (SSSR count). The van der Waals surface area contributed by atoms with Crippen molar-refractivity contribution in [2.24, 2.45) is 0 Å². The first-order valence-electron chi connectivity index (χ1n) is 6.93. The number of hydrogen-bond acceptors (Lipinski definition) is 4. The van der Waals surface area contributed by atoms with Crippen LogP contribution in [-0.2, 0) is 14.6 Å². The topological polar surface area (TPSA) is 80.7 Å². The van der Waals surface area contributed by atoms with E-state index in [0.717, 1.165) is 12.8 Å². The van der Waals surface area contributed by atoms with E-state index in [2.05, 4.69) is 0 Å². The van der Waals surface area contributed by atoms with Crippen LogP contribution in [0.5, 0.6) is 0 Å². The molecule has 1 aliphatic heterocycles. The zero-order valence-corrected chi connectivity index (χ0v) is 13.2. The highest BCUT2D eigenvalue weighted by Gasteiger charge is 2.29. The van der Waals surface area contributed by atoms with E-state index in [-0.39, 0.29) is 28.4 Å². The Bertz CT molecular complexity index is 663. The third-order valence-corrected chi connectivity index (χ3v) is 5.83. The number of aromatic carboxylic acids is 1. The van der Waals surface area contributed by atoms with Gasteiger partial charge in [-0.05, 0) is 56.9 Å². The number of aryl methyl sites for hydroxylation is 1. The van der Waals surface area contributed by atoms with Crippen molar-refractivity contribution in [3.8, 4) is 0 Å². The van der Waals surface area contributed by atoms with E-state index < -0.39 is 15.8 Å². The monoisotopic (exact) mass is 312 g/mol. The van der Waals surface area contributed by atoms with Crippen LogP contribution >= 0.6 is 0 Å². The smallest absolute Gasteiger partial charge is 0.335 e. The molecule has 1 fully saturated rings. The number of hydrogen-bond donors (Lipinski definition) is 1. The van der Waals surface area contributed by atoms with Crippen LogP contribution in [0.3, 0.4) is 0 Å². The SMILES string of the molecule is Cc1cc(C(=O)O)cc(S(=O)(=O)CC2CCC(C)O2)c1C. The van der Waals surface area contributed by atoms with Gasteiger partial charge in [0, 0.05) is 0 Å². The van der Waals surface area contributed by atoms with Gasteiger partial charge in [-0.2, -0.15) is 0 Å². The maximum atomic E-state index is 12.6. The highest BCUT2D eigenvalue weighted by atomic mass is 32.2. The lowest BCUT2D eigenvalue weighted by Crippen LogP contribution is -2.22. The van der Waals surface area contributed by atoms with Crippen LogP contribution in [0.15, 0.2) is 17.0 Å². The first-order chi connectivity index (χ1) is 9.70. The van der Waals surface area contributed by atoms with E-state index in [1.165, 1.54) is 12.1 Å². The highest BCUT2D eigenvalue weighted by Crippen LogP contribution is 2.26. The molecule has 2 unspecified atom stereocenters. The van der Waals surface area contributed by atoms with Crippen molar-refractivity contribution in [1.82, 2.24) is 0 Å². The molecule has 1 aromatic carbocycles. The summed E-state index contributed by atoms with van der Waals surface area (Å²) in [6.07, 6.45) is 1.35. The molecule has 1 N–H and O–H groups in total. The van der Waals surface area contributed by atoms with Gasteiger partial charge in [0.15, 0.2) is 9.84 Å². The fourth-order valence-electron chi connectivity index (χ4n) is 2.62. The molecular weight excluding hydrogens is 292 g/mol. The summed E-state index contributed by atoms with van der Waals surface area (Å²) < 4.78 is 30.7. The van der Waals surface area contributed by atoms with Gasteiger partial charge in [0.25, 0.3) is 0 Å². The van der Waals surface area contributed by atoms with Crippen LogP contribution in [0.2, 0.25) is 0 Å². The van der Waals surface area contributed by atoms with Crippen molar-refractivity contribution >= 4 is 15.8 Å². The summed E-state index contributed by atoms with van der Waals surface area (Å²) >= 11 is 0. The summed E-state index contributed by atoms with van der Waals surface area (Å²) in [5.41, 5.74) is 1.26. The molecule has 1 heterocycles. The second-order valence-electron chi connectivity index (χ2n) is 5.65. The van der Waals surface area contributed by atoms with E-state index in [0.29, 0.717) is 11.1 Å². The molecule has 6 heteroatoms. The molecule has 0 aliphatic carbocycles. The number of ether oxygens (including phenoxy) is 1. The van der Waals surface area contributed by atoms with E-state index in [9.17, 15) is 13.2 Å². The largest absolute Gasteiger partial charge is 0.478 e. The second kappa shape index (κ2) is 5.77. The molecule has 2 atom stereocenters. The average molecular weight is 312 g/mol. The molecule has 1 aromatic rings. The Morgan fingerprint density at radius 1 is 1.33 bits per heavy atom. The molecule has 1 aliphatic rings. The number of rotatable bonds is 4.